The Kier molecular flexibility index (Phi) is 12.3. The van der Waals surface area contributed by atoms with Gasteiger partial charge in [0.2, 0.25) is 0 Å². The summed E-state index contributed by atoms with van der Waals surface area (Å²) < 4.78 is 2.44. The van der Waals surface area contributed by atoms with Crippen LogP contribution in [0.2, 0.25) is 0 Å². The molecule has 384 valence electrons. The minimum atomic E-state index is -0.0443. The lowest BCUT2D eigenvalue weighted by molar-refractivity contribution is 0.590. The van der Waals surface area contributed by atoms with E-state index in [0.29, 0.717) is 11.8 Å². The predicted octanol–water partition coefficient (Wildman–Crippen LogP) is 17.9. The fraction of sp³-hybridized carbons (Fsp3) is 0.310. The molecule has 0 fully saturated rings. The van der Waals surface area contributed by atoms with Gasteiger partial charge in [-0.25, -0.2) is 4.98 Å². The molecule has 3 heterocycles. The molecule has 0 atom stereocenters. The molecule has 9 aromatic rings. The van der Waals surface area contributed by atoms with Crippen LogP contribution in [0.25, 0.3) is 39.2 Å². The van der Waals surface area contributed by atoms with Crippen molar-refractivity contribution in [1.82, 2.24) is 9.55 Å². The van der Waals surface area contributed by atoms with Crippen LogP contribution in [0.1, 0.15) is 156 Å². The van der Waals surface area contributed by atoms with Crippen LogP contribution in [-0.4, -0.2) is 16.3 Å². The van der Waals surface area contributed by atoms with Crippen LogP contribution in [0.5, 0.6) is 0 Å². The quantitative estimate of drug-likeness (QED) is 0.149. The molecule has 11 rings (SSSR count). The number of rotatable bonds is 7. The van der Waals surface area contributed by atoms with E-state index in [4.69, 9.17) is 4.98 Å². The molecule has 0 radical (unpaired) electrons. The van der Waals surface area contributed by atoms with Crippen molar-refractivity contribution in [3.63, 3.8) is 0 Å². The Labute approximate surface area is 455 Å². The molecule has 2 aliphatic heterocycles. The van der Waals surface area contributed by atoms with Crippen LogP contribution in [0.3, 0.4) is 0 Å². The Morgan fingerprint density at radius 3 is 1.25 bits per heavy atom. The summed E-state index contributed by atoms with van der Waals surface area (Å²) in [5.74, 6) is 1.63. The number of aromatic nitrogens is 2. The lowest BCUT2D eigenvalue weighted by atomic mass is 9.33. The molecule has 0 saturated carbocycles. The molecule has 0 saturated heterocycles. The number of benzene rings is 8. The Hall–Kier alpha value is -7.11. The SMILES string of the molecule is CC(C)c1cccc(C(C)C)c1-n1c(-c2ccc(-c3cc4c5c(c3)N(c3ccc(C(C)(C)C)cc3)c3ccc(C(C)(C)C)cc3B5c3cc(C(C)(C)C)ccc3N4c3ccc(C(C)(C)C)cc3)cc2)nc2ccccc21. The number of hydrogen-bond acceptors (Lipinski definition) is 3. The molecule has 8 aromatic carbocycles. The normalized spacial score (nSPS) is 13.7. The van der Waals surface area contributed by atoms with Crippen molar-refractivity contribution in [3.8, 4) is 28.2 Å². The topological polar surface area (TPSA) is 24.3 Å². The fourth-order valence-electron chi connectivity index (χ4n) is 11.9. The van der Waals surface area contributed by atoms with Crippen LogP contribution in [0, 0.1) is 0 Å². The Balaban J connectivity index is 1.18. The van der Waals surface area contributed by atoms with E-state index in [9.17, 15) is 0 Å². The molecule has 4 nitrogen and oxygen atoms in total. The van der Waals surface area contributed by atoms with Crippen molar-refractivity contribution in [2.75, 3.05) is 9.80 Å². The lowest BCUT2D eigenvalue weighted by Gasteiger charge is -2.45. The number of nitrogens with zero attached hydrogens (tertiary/aromatic N) is 4. The van der Waals surface area contributed by atoms with E-state index in [1.807, 2.05) is 0 Å². The second kappa shape index (κ2) is 18.3. The van der Waals surface area contributed by atoms with E-state index >= 15 is 0 Å². The second-order valence-electron chi connectivity index (χ2n) is 26.6. The summed E-state index contributed by atoms with van der Waals surface area (Å²) >= 11 is 0. The fourth-order valence-corrected chi connectivity index (χ4v) is 11.9. The van der Waals surface area contributed by atoms with Crippen LogP contribution in [0.4, 0.5) is 34.1 Å². The molecule has 0 bridgehead atoms. The average Bonchev–Trinajstić information content (AvgIpc) is 3.76. The molecular weight excluding hydrogens is 920 g/mol. The predicted molar refractivity (Wildman–Crippen MR) is 329 cm³/mol. The lowest BCUT2D eigenvalue weighted by Crippen LogP contribution is -2.61. The van der Waals surface area contributed by atoms with Crippen molar-refractivity contribution in [3.05, 3.63) is 197 Å². The first kappa shape index (κ1) is 51.0. The third-order valence-corrected chi connectivity index (χ3v) is 16.4. The van der Waals surface area contributed by atoms with Crippen molar-refractivity contribution in [2.24, 2.45) is 0 Å². The van der Waals surface area contributed by atoms with Gasteiger partial charge in [-0.2, -0.15) is 0 Å². The molecule has 0 N–H and O–H groups in total. The third-order valence-electron chi connectivity index (χ3n) is 16.4. The van der Waals surface area contributed by atoms with Gasteiger partial charge in [0.1, 0.15) is 5.82 Å². The molecular formula is C71H77BN4. The van der Waals surface area contributed by atoms with Crippen molar-refractivity contribution < 1.29 is 0 Å². The first-order valence-electron chi connectivity index (χ1n) is 27.9. The smallest absolute Gasteiger partial charge is 0.252 e. The molecule has 0 amide bonds. The van der Waals surface area contributed by atoms with E-state index in [-0.39, 0.29) is 28.4 Å². The maximum absolute atomic E-state index is 5.43. The van der Waals surface area contributed by atoms with Gasteiger partial charge in [-0.05, 0) is 155 Å². The van der Waals surface area contributed by atoms with Gasteiger partial charge in [0.15, 0.2) is 0 Å². The van der Waals surface area contributed by atoms with Gasteiger partial charge in [-0.3, -0.25) is 4.57 Å². The number of hydrogen-bond donors (Lipinski definition) is 0. The van der Waals surface area contributed by atoms with Crippen LogP contribution < -0.4 is 26.2 Å². The van der Waals surface area contributed by atoms with Gasteiger partial charge in [0, 0.05) is 39.7 Å². The van der Waals surface area contributed by atoms with Gasteiger partial charge in [0.05, 0.1) is 16.7 Å². The highest BCUT2D eigenvalue weighted by Crippen LogP contribution is 2.48. The van der Waals surface area contributed by atoms with E-state index in [2.05, 4.69) is 289 Å². The number of anilines is 6. The van der Waals surface area contributed by atoms with E-state index in [1.165, 1.54) is 78.2 Å². The van der Waals surface area contributed by atoms with Crippen LogP contribution in [-0.2, 0) is 21.7 Å². The summed E-state index contributed by atoms with van der Waals surface area (Å²) in [5.41, 5.74) is 25.9. The van der Waals surface area contributed by atoms with Gasteiger partial charge >= 0.3 is 0 Å². The zero-order valence-corrected chi connectivity index (χ0v) is 48.1. The highest BCUT2D eigenvalue weighted by molar-refractivity contribution is 7.00. The molecule has 76 heavy (non-hydrogen) atoms. The summed E-state index contributed by atoms with van der Waals surface area (Å²) in [6, 6.07) is 63.1. The zero-order valence-electron chi connectivity index (χ0n) is 48.1. The highest BCUT2D eigenvalue weighted by atomic mass is 15.2. The largest absolute Gasteiger partial charge is 0.311 e. The molecule has 0 unspecified atom stereocenters. The van der Waals surface area contributed by atoms with Crippen molar-refractivity contribution in [1.29, 1.82) is 0 Å². The first-order valence-corrected chi connectivity index (χ1v) is 27.9. The van der Waals surface area contributed by atoms with Gasteiger partial charge in [-0.15, -0.1) is 0 Å². The second-order valence-corrected chi connectivity index (χ2v) is 26.6. The van der Waals surface area contributed by atoms with Gasteiger partial charge in [0.25, 0.3) is 6.71 Å². The molecule has 1 aromatic heterocycles. The molecule has 0 aliphatic carbocycles. The molecule has 5 heteroatoms. The molecule has 0 spiro atoms. The Bertz CT molecular complexity index is 3500. The maximum atomic E-state index is 5.43. The standard InChI is InChI=1S/C71H77BN4/c1-44(2)55-20-19-21-56(45(3)4)66(55)76-62-23-18-17-22-59(62)73-67(76)47-26-24-46(25-27-47)48-40-63-65-64(41-48)75(54-36-30-50(31-37-54)69(8,9)10)61-39-33-52(71(14,15)16)43-58(61)72(65)57-42-51(70(11,12)13)32-38-60(57)74(63)53-34-28-49(29-35-53)68(5,6)7/h17-45H,1-16H3. The summed E-state index contributed by atoms with van der Waals surface area (Å²) in [7, 11) is 0. The average molecular weight is 997 g/mol. The Morgan fingerprint density at radius 2 is 0.816 bits per heavy atom. The number of fused-ring (bicyclic) bond motifs is 5. The minimum absolute atomic E-state index is 0.0105. The number of imidazole rings is 1. The van der Waals surface area contributed by atoms with E-state index in [0.717, 1.165) is 44.9 Å². The number of para-hydroxylation sites is 3. The van der Waals surface area contributed by atoms with Crippen molar-refractivity contribution in [2.45, 2.75) is 144 Å². The van der Waals surface area contributed by atoms with Gasteiger partial charge in [-0.1, -0.05) is 214 Å². The third kappa shape index (κ3) is 8.78. The van der Waals surface area contributed by atoms with Crippen molar-refractivity contribution >= 4 is 68.3 Å². The molecule has 2 aliphatic rings. The summed E-state index contributed by atoms with van der Waals surface area (Å²) in [6.07, 6.45) is 0. The maximum Gasteiger partial charge on any atom is 0.252 e. The van der Waals surface area contributed by atoms with Gasteiger partial charge < -0.3 is 9.80 Å². The summed E-state index contributed by atoms with van der Waals surface area (Å²) in [5, 5.41) is 0. The summed E-state index contributed by atoms with van der Waals surface area (Å²) in [6.45, 7) is 37.1. The monoisotopic (exact) mass is 997 g/mol. The van der Waals surface area contributed by atoms with Crippen LogP contribution >= 0.6 is 0 Å². The zero-order chi connectivity index (χ0) is 54.0. The minimum Gasteiger partial charge on any atom is -0.311 e. The van der Waals surface area contributed by atoms with E-state index < -0.39 is 0 Å². The van der Waals surface area contributed by atoms with E-state index in [1.54, 1.807) is 0 Å². The first-order chi connectivity index (χ1) is 35.9. The van der Waals surface area contributed by atoms with Crippen LogP contribution in [0.15, 0.2) is 164 Å². The summed E-state index contributed by atoms with van der Waals surface area (Å²) in [4.78, 5) is 10.6. The highest BCUT2D eigenvalue weighted by Gasteiger charge is 2.45. The Morgan fingerprint density at radius 1 is 0.395 bits per heavy atom.